The van der Waals surface area contributed by atoms with Gasteiger partial charge in [-0.15, -0.1) is 0 Å². The molecule has 0 spiro atoms. The Morgan fingerprint density at radius 3 is 2.83 bits per heavy atom. The molecule has 18 heavy (non-hydrogen) atoms. The third kappa shape index (κ3) is 3.34. The van der Waals surface area contributed by atoms with Gasteiger partial charge in [-0.25, -0.2) is 4.98 Å². The van der Waals surface area contributed by atoms with Gasteiger partial charge >= 0.3 is 0 Å². The first-order valence-corrected chi connectivity index (χ1v) is 8.41. The van der Waals surface area contributed by atoms with Crippen LogP contribution in [0, 0.1) is 6.92 Å². The highest BCUT2D eigenvalue weighted by Crippen LogP contribution is 2.32. The van der Waals surface area contributed by atoms with Crippen LogP contribution in [0.15, 0.2) is 6.20 Å². The molecule has 1 aromatic rings. The minimum absolute atomic E-state index is 0.192. The minimum atomic E-state index is -0.771. The number of nitrogens with zero attached hydrogens (tertiary/aromatic N) is 2. The quantitative estimate of drug-likeness (QED) is 0.893. The van der Waals surface area contributed by atoms with Gasteiger partial charge in [0.15, 0.2) is 0 Å². The smallest absolute Gasteiger partial charge is 0.203 e. The molecule has 0 aromatic carbocycles. The summed E-state index contributed by atoms with van der Waals surface area (Å²) in [6, 6.07) is 0.783. The molecule has 0 aliphatic heterocycles. The molecule has 2 unspecified atom stereocenters. The fourth-order valence-electron chi connectivity index (χ4n) is 2.70. The van der Waals surface area contributed by atoms with Gasteiger partial charge in [0.25, 0.3) is 0 Å². The molecular formula is C13H23N3OS. The Labute approximate surface area is 112 Å². The fourth-order valence-corrected chi connectivity index (χ4v) is 3.49. The Morgan fingerprint density at radius 2 is 2.22 bits per heavy atom. The van der Waals surface area contributed by atoms with Gasteiger partial charge in [-0.1, -0.05) is 12.8 Å². The second-order valence-electron chi connectivity index (χ2n) is 5.34. The lowest BCUT2D eigenvalue weighted by atomic mass is 10.2. The van der Waals surface area contributed by atoms with Crippen LogP contribution in [-0.4, -0.2) is 31.8 Å². The maximum Gasteiger partial charge on any atom is 0.203 e. The van der Waals surface area contributed by atoms with Crippen LogP contribution in [0.1, 0.15) is 44.3 Å². The number of aryl methyl sites for hydroxylation is 1. The second kappa shape index (κ2) is 5.87. The van der Waals surface area contributed by atoms with E-state index in [-0.39, 0.29) is 6.04 Å². The normalized spacial score (nSPS) is 19.9. The summed E-state index contributed by atoms with van der Waals surface area (Å²) >= 11 is 0. The fraction of sp³-hybridized carbons (Fsp3) is 0.769. The molecule has 2 rings (SSSR count). The highest BCUT2D eigenvalue weighted by molar-refractivity contribution is 7.84. The van der Waals surface area contributed by atoms with Crippen LogP contribution >= 0.6 is 0 Å². The number of aromatic nitrogens is 2. The van der Waals surface area contributed by atoms with Gasteiger partial charge in [0.2, 0.25) is 5.95 Å². The SMILES string of the molecule is Cc1cn(C2CCCC2)c(NC(C)CS(C)=O)n1. The van der Waals surface area contributed by atoms with Crippen molar-refractivity contribution < 1.29 is 4.21 Å². The number of rotatable bonds is 5. The van der Waals surface area contributed by atoms with Crippen molar-refractivity contribution in [2.75, 3.05) is 17.3 Å². The predicted octanol–water partition coefficient (Wildman–Crippen LogP) is 2.49. The molecule has 1 fully saturated rings. The molecule has 0 saturated heterocycles. The molecule has 1 aliphatic carbocycles. The van der Waals surface area contributed by atoms with E-state index in [9.17, 15) is 4.21 Å². The van der Waals surface area contributed by atoms with E-state index in [0.717, 1.165) is 11.6 Å². The molecule has 1 heterocycles. The molecule has 2 atom stereocenters. The van der Waals surface area contributed by atoms with E-state index in [1.165, 1.54) is 25.7 Å². The summed E-state index contributed by atoms with van der Waals surface area (Å²) in [6.07, 6.45) is 9.00. The van der Waals surface area contributed by atoms with Crippen molar-refractivity contribution in [3.8, 4) is 0 Å². The van der Waals surface area contributed by atoms with Crippen molar-refractivity contribution in [1.29, 1.82) is 0 Å². The molecule has 4 nitrogen and oxygen atoms in total. The first kappa shape index (κ1) is 13.6. The van der Waals surface area contributed by atoms with E-state index in [1.54, 1.807) is 6.26 Å². The Morgan fingerprint density at radius 1 is 1.56 bits per heavy atom. The first-order valence-electron chi connectivity index (χ1n) is 6.68. The summed E-state index contributed by atoms with van der Waals surface area (Å²) in [7, 11) is -0.771. The van der Waals surface area contributed by atoms with Crippen molar-refractivity contribution in [3.05, 3.63) is 11.9 Å². The van der Waals surface area contributed by atoms with Crippen LogP contribution in [0.4, 0.5) is 5.95 Å². The molecule has 0 amide bonds. The lowest BCUT2D eigenvalue weighted by Crippen LogP contribution is -2.24. The highest BCUT2D eigenvalue weighted by Gasteiger charge is 2.20. The van der Waals surface area contributed by atoms with Crippen LogP contribution < -0.4 is 5.32 Å². The highest BCUT2D eigenvalue weighted by atomic mass is 32.2. The van der Waals surface area contributed by atoms with Gasteiger partial charge in [0, 0.05) is 41.1 Å². The monoisotopic (exact) mass is 269 g/mol. The van der Waals surface area contributed by atoms with E-state index in [2.05, 4.69) is 28.0 Å². The van der Waals surface area contributed by atoms with Crippen molar-refractivity contribution in [2.24, 2.45) is 0 Å². The second-order valence-corrected chi connectivity index (χ2v) is 6.82. The Kier molecular flexibility index (Phi) is 4.43. The Bertz CT molecular complexity index is 424. The van der Waals surface area contributed by atoms with Crippen LogP contribution in [0.3, 0.4) is 0 Å². The Hall–Kier alpha value is -0.840. The van der Waals surface area contributed by atoms with Crippen LogP contribution in [-0.2, 0) is 10.8 Å². The van der Waals surface area contributed by atoms with Crippen LogP contribution in [0.25, 0.3) is 0 Å². The van der Waals surface area contributed by atoms with E-state index in [1.807, 2.05) is 6.92 Å². The summed E-state index contributed by atoms with van der Waals surface area (Å²) < 4.78 is 13.5. The zero-order valence-corrected chi connectivity index (χ0v) is 12.3. The third-order valence-corrected chi connectivity index (χ3v) is 4.40. The van der Waals surface area contributed by atoms with Crippen LogP contribution in [0.2, 0.25) is 0 Å². The molecule has 1 saturated carbocycles. The van der Waals surface area contributed by atoms with Gasteiger partial charge in [0.1, 0.15) is 0 Å². The van der Waals surface area contributed by atoms with E-state index >= 15 is 0 Å². The van der Waals surface area contributed by atoms with E-state index < -0.39 is 10.8 Å². The largest absolute Gasteiger partial charge is 0.352 e. The topological polar surface area (TPSA) is 46.9 Å². The van der Waals surface area contributed by atoms with Crippen LogP contribution in [0.5, 0.6) is 0 Å². The summed E-state index contributed by atoms with van der Waals surface area (Å²) in [5.41, 5.74) is 1.05. The van der Waals surface area contributed by atoms with Gasteiger partial charge in [-0.3, -0.25) is 4.21 Å². The average Bonchev–Trinajstić information content (AvgIpc) is 2.85. The maximum atomic E-state index is 11.2. The zero-order chi connectivity index (χ0) is 13.1. The zero-order valence-electron chi connectivity index (χ0n) is 11.5. The van der Waals surface area contributed by atoms with Gasteiger partial charge in [-0.05, 0) is 26.7 Å². The molecule has 5 heteroatoms. The molecule has 1 aliphatic rings. The average molecular weight is 269 g/mol. The molecular weight excluding hydrogens is 246 g/mol. The van der Waals surface area contributed by atoms with Crippen molar-refractivity contribution in [2.45, 2.75) is 51.6 Å². The van der Waals surface area contributed by atoms with Crippen molar-refractivity contribution in [3.63, 3.8) is 0 Å². The van der Waals surface area contributed by atoms with E-state index in [4.69, 9.17) is 0 Å². The number of imidazole rings is 1. The van der Waals surface area contributed by atoms with Crippen molar-refractivity contribution in [1.82, 2.24) is 9.55 Å². The maximum absolute atomic E-state index is 11.2. The lowest BCUT2D eigenvalue weighted by Gasteiger charge is -2.18. The lowest BCUT2D eigenvalue weighted by molar-refractivity contribution is 0.521. The van der Waals surface area contributed by atoms with Gasteiger partial charge in [-0.2, -0.15) is 0 Å². The number of hydrogen-bond acceptors (Lipinski definition) is 3. The number of nitrogens with one attached hydrogen (secondary N) is 1. The van der Waals surface area contributed by atoms with Gasteiger partial charge < -0.3 is 9.88 Å². The minimum Gasteiger partial charge on any atom is -0.352 e. The number of hydrogen-bond donors (Lipinski definition) is 1. The molecule has 102 valence electrons. The summed E-state index contributed by atoms with van der Waals surface area (Å²) in [5, 5.41) is 3.40. The summed E-state index contributed by atoms with van der Waals surface area (Å²) in [6.45, 7) is 4.09. The molecule has 0 radical (unpaired) electrons. The molecule has 0 bridgehead atoms. The summed E-state index contributed by atoms with van der Waals surface area (Å²) in [4.78, 5) is 4.56. The molecule has 1 aromatic heterocycles. The van der Waals surface area contributed by atoms with E-state index in [0.29, 0.717) is 11.8 Å². The Balaban J connectivity index is 2.09. The predicted molar refractivity (Wildman–Crippen MR) is 76.5 cm³/mol. The molecule has 1 N–H and O–H groups in total. The van der Waals surface area contributed by atoms with Gasteiger partial charge in [0.05, 0.1) is 5.69 Å². The number of anilines is 1. The summed E-state index contributed by atoms with van der Waals surface area (Å²) in [5.74, 6) is 1.61. The third-order valence-electron chi connectivity index (χ3n) is 3.43. The first-order chi connectivity index (χ1) is 8.56. The van der Waals surface area contributed by atoms with Crippen molar-refractivity contribution >= 4 is 16.7 Å². The standard InChI is InChI=1S/C13H23N3OS/c1-10-8-16(12-6-4-5-7-12)13(14-10)15-11(2)9-18(3)17/h8,11-12H,4-7,9H2,1-3H3,(H,14,15).